The Morgan fingerprint density at radius 2 is 1.96 bits per heavy atom. The molecule has 1 saturated heterocycles. The van der Waals surface area contributed by atoms with E-state index >= 15 is 0 Å². The number of nitrogens with zero attached hydrogens (tertiary/aromatic N) is 3. The third kappa shape index (κ3) is 5.00. The van der Waals surface area contributed by atoms with Crippen LogP contribution in [0.25, 0.3) is 0 Å². The summed E-state index contributed by atoms with van der Waals surface area (Å²) < 4.78 is 0. The monoisotopic (exact) mass is 354 g/mol. The first-order chi connectivity index (χ1) is 12.6. The van der Waals surface area contributed by atoms with E-state index in [4.69, 9.17) is 11.5 Å². The SMILES string of the molecule is NC(=O)c1ccc(CN(Cc2nccc(N)n2)[C@H]2CCCNCC2)cc1. The molecule has 7 nitrogen and oxygen atoms in total. The molecule has 2 heterocycles. The molecule has 138 valence electrons. The number of benzene rings is 1. The van der Waals surface area contributed by atoms with Crippen LogP contribution < -0.4 is 16.8 Å². The largest absolute Gasteiger partial charge is 0.384 e. The maximum atomic E-state index is 11.3. The molecule has 1 atom stereocenters. The van der Waals surface area contributed by atoms with Gasteiger partial charge in [-0.3, -0.25) is 9.69 Å². The molecule has 3 rings (SSSR count). The molecule has 26 heavy (non-hydrogen) atoms. The third-order valence-corrected chi connectivity index (χ3v) is 4.76. The molecule has 0 bridgehead atoms. The zero-order chi connectivity index (χ0) is 18.4. The smallest absolute Gasteiger partial charge is 0.248 e. The Hall–Kier alpha value is -2.51. The lowest BCUT2D eigenvalue weighted by Crippen LogP contribution is -2.35. The van der Waals surface area contributed by atoms with Crippen LogP contribution in [0.3, 0.4) is 0 Å². The molecule has 0 aliphatic carbocycles. The van der Waals surface area contributed by atoms with Gasteiger partial charge >= 0.3 is 0 Å². The van der Waals surface area contributed by atoms with Gasteiger partial charge in [0.1, 0.15) is 11.6 Å². The average Bonchev–Trinajstić information content (AvgIpc) is 2.91. The summed E-state index contributed by atoms with van der Waals surface area (Å²) in [6, 6.07) is 9.63. The summed E-state index contributed by atoms with van der Waals surface area (Å²) in [4.78, 5) is 22.4. The molecule has 5 N–H and O–H groups in total. The van der Waals surface area contributed by atoms with Crippen LogP contribution >= 0.6 is 0 Å². The lowest BCUT2D eigenvalue weighted by Gasteiger charge is -2.30. The highest BCUT2D eigenvalue weighted by Gasteiger charge is 2.21. The van der Waals surface area contributed by atoms with E-state index < -0.39 is 5.91 Å². The van der Waals surface area contributed by atoms with E-state index in [-0.39, 0.29) is 0 Å². The predicted octanol–water partition coefficient (Wildman–Crippen LogP) is 1.30. The second-order valence-corrected chi connectivity index (χ2v) is 6.70. The number of nitrogens with two attached hydrogens (primary N) is 2. The Bertz CT molecular complexity index is 725. The minimum absolute atomic E-state index is 0.406. The number of rotatable bonds is 6. The van der Waals surface area contributed by atoms with E-state index in [0.29, 0.717) is 24.0 Å². The van der Waals surface area contributed by atoms with E-state index in [1.807, 2.05) is 12.1 Å². The van der Waals surface area contributed by atoms with Crippen LogP contribution in [0.4, 0.5) is 5.82 Å². The first kappa shape index (κ1) is 18.3. The van der Waals surface area contributed by atoms with Crippen LogP contribution in [0.15, 0.2) is 36.5 Å². The van der Waals surface area contributed by atoms with Gasteiger partial charge in [-0.2, -0.15) is 0 Å². The molecule has 1 aromatic carbocycles. The third-order valence-electron chi connectivity index (χ3n) is 4.76. The molecular weight excluding hydrogens is 328 g/mol. The summed E-state index contributed by atoms with van der Waals surface area (Å²) in [7, 11) is 0. The fourth-order valence-electron chi connectivity index (χ4n) is 3.36. The Balaban J connectivity index is 1.78. The van der Waals surface area contributed by atoms with Gasteiger partial charge in [-0.1, -0.05) is 12.1 Å². The number of amides is 1. The van der Waals surface area contributed by atoms with Crippen molar-refractivity contribution in [1.82, 2.24) is 20.2 Å². The van der Waals surface area contributed by atoms with Gasteiger partial charge in [0.2, 0.25) is 5.91 Å². The molecule has 1 aromatic heterocycles. The van der Waals surface area contributed by atoms with E-state index in [0.717, 1.165) is 50.3 Å². The van der Waals surface area contributed by atoms with Crippen molar-refractivity contribution >= 4 is 11.7 Å². The van der Waals surface area contributed by atoms with Gasteiger partial charge in [-0.05, 0) is 56.1 Å². The number of anilines is 1. The zero-order valence-corrected chi connectivity index (χ0v) is 14.9. The molecule has 1 amide bonds. The number of carbonyl (C=O) groups is 1. The first-order valence-electron chi connectivity index (χ1n) is 9.03. The summed E-state index contributed by atoms with van der Waals surface area (Å²) in [6.45, 7) is 3.49. The Morgan fingerprint density at radius 1 is 1.15 bits per heavy atom. The number of primary amides is 1. The number of hydrogen-bond donors (Lipinski definition) is 3. The standard InChI is InChI=1S/C19H26N6O/c20-17-8-11-23-18(24-17)13-25(16-2-1-9-22-10-7-16)12-14-3-5-15(6-4-14)19(21)26/h3-6,8,11,16,22H,1-2,7,9-10,12-13H2,(H2,21,26)(H2,20,23,24)/t16-/m0/s1. The Labute approximate surface area is 153 Å². The summed E-state index contributed by atoms with van der Waals surface area (Å²) >= 11 is 0. The minimum Gasteiger partial charge on any atom is -0.384 e. The van der Waals surface area contributed by atoms with Crippen molar-refractivity contribution in [3.63, 3.8) is 0 Å². The maximum Gasteiger partial charge on any atom is 0.248 e. The van der Waals surface area contributed by atoms with E-state index in [1.54, 1.807) is 24.4 Å². The van der Waals surface area contributed by atoms with Crippen molar-refractivity contribution < 1.29 is 4.79 Å². The van der Waals surface area contributed by atoms with Crippen LogP contribution in [0.1, 0.15) is 41.0 Å². The molecule has 1 aliphatic heterocycles. The molecule has 0 saturated carbocycles. The lowest BCUT2D eigenvalue weighted by atomic mass is 10.1. The molecule has 0 spiro atoms. The summed E-state index contributed by atoms with van der Waals surface area (Å²) in [5, 5.41) is 3.46. The highest BCUT2D eigenvalue weighted by atomic mass is 16.1. The van der Waals surface area contributed by atoms with Gasteiger partial charge in [-0.15, -0.1) is 0 Å². The molecule has 7 heteroatoms. The Morgan fingerprint density at radius 3 is 2.69 bits per heavy atom. The molecule has 1 aliphatic rings. The predicted molar refractivity (Wildman–Crippen MR) is 101 cm³/mol. The van der Waals surface area contributed by atoms with E-state index in [9.17, 15) is 4.79 Å². The molecule has 1 fully saturated rings. The van der Waals surface area contributed by atoms with Crippen molar-refractivity contribution in [1.29, 1.82) is 0 Å². The van der Waals surface area contributed by atoms with Gasteiger partial charge in [0.05, 0.1) is 6.54 Å². The molecular formula is C19H26N6O. The van der Waals surface area contributed by atoms with Gasteiger partial charge in [-0.25, -0.2) is 9.97 Å². The lowest BCUT2D eigenvalue weighted by molar-refractivity contribution is 0.1000. The number of nitrogen functional groups attached to an aromatic ring is 1. The highest BCUT2D eigenvalue weighted by Crippen LogP contribution is 2.19. The second-order valence-electron chi connectivity index (χ2n) is 6.70. The van der Waals surface area contributed by atoms with Crippen LogP contribution in [0.2, 0.25) is 0 Å². The van der Waals surface area contributed by atoms with Gasteiger partial charge in [0.25, 0.3) is 0 Å². The average molecular weight is 354 g/mol. The second kappa shape index (κ2) is 8.73. The quantitative estimate of drug-likeness (QED) is 0.721. The number of hydrogen-bond acceptors (Lipinski definition) is 6. The van der Waals surface area contributed by atoms with Crippen molar-refractivity contribution in [2.75, 3.05) is 18.8 Å². The summed E-state index contributed by atoms with van der Waals surface area (Å²) in [6.07, 6.45) is 5.07. The number of nitrogens with one attached hydrogen (secondary N) is 1. The zero-order valence-electron chi connectivity index (χ0n) is 14.9. The molecule has 2 aromatic rings. The van der Waals surface area contributed by atoms with Crippen LogP contribution in [0.5, 0.6) is 0 Å². The van der Waals surface area contributed by atoms with Crippen molar-refractivity contribution in [2.45, 2.75) is 38.4 Å². The summed E-state index contributed by atoms with van der Waals surface area (Å²) in [5.41, 5.74) is 12.8. The van der Waals surface area contributed by atoms with Gasteiger partial charge in [0, 0.05) is 24.3 Å². The van der Waals surface area contributed by atoms with Crippen LogP contribution in [0, 0.1) is 0 Å². The molecule has 0 radical (unpaired) electrons. The van der Waals surface area contributed by atoms with Gasteiger partial charge in [0.15, 0.2) is 0 Å². The van der Waals surface area contributed by atoms with Crippen molar-refractivity contribution in [2.24, 2.45) is 5.73 Å². The number of aromatic nitrogens is 2. The maximum absolute atomic E-state index is 11.3. The van der Waals surface area contributed by atoms with Crippen LogP contribution in [-0.2, 0) is 13.1 Å². The summed E-state index contributed by atoms with van der Waals surface area (Å²) in [5.74, 6) is 0.815. The van der Waals surface area contributed by atoms with E-state index in [1.165, 1.54) is 0 Å². The van der Waals surface area contributed by atoms with E-state index in [2.05, 4.69) is 20.2 Å². The van der Waals surface area contributed by atoms with Crippen molar-refractivity contribution in [3.8, 4) is 0 Å². The fraction of sp³-hybridized carbons (Fsp3) is 0.421. The highest BCUT2D eigenvalue weighted by molar-refractivity contribution is 5.92. The topological polar surface area (TPSA) is 110 Å². The number of carbonyl (C=O) groups excluding carboxylic acids is 1. The Kier molecular flexibility index (Phi) is 6.14. The van der Waals surface area contributed by atoms with Gasteiger partial charge < -0.3 is 16.8 Å². The minimum atomic E-state index is -0.406. The fourth-order valence-corrected chi connectivity index (χ4v) is 3.36. The molecule has 0 unspecified atom stereocenters. The van der Waals surface area contributed by atoms with Crippen molar-refractivity contribution in [3.05, 3.63) is 53.5 Å². The first-order valence-corrected chi connectivity index (χ1v) is 9.03. The normalized spacial score (nSPS) is 17.8. The van der Waals surface area contributed by atoms with Crippen LogP contribution in [-0.4, -0.2) is 39.9 Å².